The van der Waals surface area contributed by atoms with Gasteiger partial charge in [-0.1, -0.05) is 99.1 Å². The number of hydrogen-bond acceptors (Lipinski definition) is 13. The van der Waals surface area contributed by atoms with Gasteiger partial charge >= 0.3 is 0 Å². The molecule has 21 nitrogen and oxygen atoms in total. The van der Waals surface area contributed by atoms with Crippen LogP contribution in [-0.4, -0.2) is 144 Å². The predicted octanol–water partition coefficient (Wildman–Crippen LogP) is 5.56. The summed E-state index contributed by atoms with van der Waals surface area (Å²) >= 11 is 0. The summed E-state index contributed by atoms with van der Waals surface area (Å²) in [5.74, 6) is -3.34. The molecule has 0 radical (unpaired) electrons. The highest BCUT2D eigenvalue weighted by atomic mass is 32.2. The number of benzene rings is 5. The van der Waals surface area contributed by atoms with E-state index in [2.05, 4.69) is 33.5 Å². The highest BCUT2D eigenvalue weighted by Crippen LogP contribution is 2.28. The molecule has 0 aliphatic carbocycles. The first-order valence-corrected chi connectivity index (χ1v) is 31.4. The third-order valence-corrected chi connectivity index (χ3v) is 16.6. The lowest BCUT2D eigenvalue weighted by molar-refractivity contribution is -0.143. The summed E-state index contributed by atoms with van der Waals surface area (Å²) in [7, 11) is -4.02. The van der Waals surface area contributed by atoms with Gasteiger partial charge in [-0.25, -0.2) is 0 Å². The second-order valence-corrected chi connectivity index (χ2v) is 24.2. The van der Waals surface area contributed by atoms with Crippen molar-refractivity contribution < 1.29 is 56.4 Å². The highest BCUT2D eigenvalue weighted by Gasteiger charge is 2.43. The van der Waals surface area contributed by atoms with E-state index in [9.17, 15) is 47.1 Å². The zero-order valence-electron chi connectivity index (χ0n) is 49.9. The molecule has 0 unspecified atom stereocenters. The van der Waals surface area contributed by atoms with E-state index in [1.807, 2.05) is 67.6 Å². The zero-order valence-corrected chi connectivity index (χ0v) is 50.7. The van der Waals surface area contributed by atoms with E-state index in [0.717, 1.165) is 45.6 Å². The first-order chi connectivity index (χ1) is 41.6. The average molecular weight is 1210 g/mol. The molecule has 0 spiro atoms. The summed E-state index contributed by atoms with van der Waals surface area (Å²) in [5, 5.41) is 24.4. The van der Waals surface area contributed by atoms with Crippen LogP contribution in [0.4, 0.5) is 0 Å². The Balaban J connectivity index is 0.000000883. The first-order valence-electron chi connectivity index (χ1n) is 30.0. The fourth-order valence-electron chi connectivity index (χ4n) is 10.8. The van der Waals surface area contributed by atoms with Crippen LogP contribution in [0.5, 0.6) is 11.5 Å². The lowest BCUT2D eigenvalue weighted by Crippen LogP contribution is -2.60. The number of carbonyl (C=O) groups excluding carboxylic acids is 7. The molecule has 3 heterocycles. The van der Waals surface area contributed by atoms with E-state index in [1.54, 1.807) is 50.2 Å². The van der Waals surface area contributed by atoms with E-state index < -0.39 is 99.7 Å². The summed E-state index contributed by atoms with van der Waals surface area (Å²) in [6, 6.07) is 28.6. The maximum absolute atomic E-state index is 14.6. The van der Waals surface area contributed by atoms with Crippen LogP contribution in [0.3, 0.4) is 0 Å². The van der Waals surface area contributed by atoms with Gasteiger partial charge in [-0.15, -0.1) is 0 Å². The second kappa shape index (κ2) is 31.5. The number of fused-ring (bicyclic) bond motifs is 2. The van der Waals surface area contributed by atoms with Crippen molar-refractivity contribution >= 4 is 51.5 Å². The van der Waals surface area contributed by atoms with Crippen molar-refractivity contribution in [3.05, 3.63) is 138 Å². The summed E-state index contributed by atoms with van der Waals surface area (Å²) in [5.41, 5.74) is 18.2. The Morgan fingerprint density at radius 2 is 1.31 bits per heavy atom. The summed E-state index contributed by atoms with van der Waals surface area (Å²) < 4.78 is 35.3. The Hall–Kier alpha value is -8.18. The molecule has 22 heteroatoms. The number of rotatable bonds is 16. The molecule has 5 aromatic carbocycles. The lowest BCUT2D eigenvalue weighted by Gasteiger charge is -2.32. The van der Waals surface area contributed by atoms with E-state index in [4.69, 9.17) is 20.8 Å². The monoisotopic (exact) mass is 1210 g/mol. The maximum Gasteiger partial charge on any atom is 0.294 e. The normalized spacial score (nSPS) is 21.7. The molecule has 3 aliphatic heterocycles. The number of nitrogens with zero attached hydrogens (tertiary/aromatic N) is 2. The molecule has 0 bridgehead atoms. The zero-order chi connectivity index (χ0) is 62.8. The number of phenolic OH excluding ortho intramolecular Hbond substituents is 1. The van der Waals surface area contributed by atoms with Crippen molar-refractivity contribution in [3.63, 3.8) is 0 Å². The number of aromatic hydroxyl groups is 1. The largest absolute Gasteiger partial charge is 0.508 e. The van der Waals surface area contributed by atoms with Crippen LogP contribution in [0.1, 0.15) is 106 Å². The summed E-state index contributed by atoms with van der Waals surface area (Å²) in [6.07, 6.45) is 3.86. The standard InChI is InChI=1S/C58H75N9O9.C7H8O3S/c1-4-33-76-45-27-23-41(24-28-45)39-17-15-38(16-18-39)40-19-21-42(22-20-40)52(69)62-46-10-7-31-61-55(72)50-34-43(60)35-67(50)57(74)48(9-5-6-30-59)64-53(70)47(29-14-37-12-25-44(68)26-13-37)63-56(73)49-11-8-32-66(49)58(75)51(36(2)3)65-54(46)71;1-6-2-4-7(5-3-6)11(8,9)10/h12-13,15-28,36,43,46-51,68H,4-11,14,29-35,59-60H2,1-3H3,(H,61,72)(H,62,69)(H,63,73)(H,64,70)(H,65,71);2-5H,1H3,(H,8,9,10)/t43-,46-,47-,48-,49-,50-,51-;/m0./s1. The Bertz CT molecular complexity index is 3260. The SMILES string of the molecule is CCCOc1ccc(-c2ccc(-c3ccc(C(=O)N[C@H]4CCCNC(=O)[C@@H]5C[C@H](N)CN5C(=O)[C@H](CCCCN)NC(=O)[C@H](CCc5ccc(O)cc5)NC(=O)[C@@H]5CCCN5C(=O)[C@H](C(C)C)NC4=O)cc3)cc2)cc1.Cc1ccc(S(=O)(=O)O)cc1. The van der Waals surface area contributed by atoms with Crippen molar-refractivity contribution in [2.45, 2.75) is 146 Å². The van der Waals surface area contributed by atoms with Gasteiger partial charge in [-0.05, 0) is 166 Å². The number of hydrogen-bond donors (Lipinski definition) is 9. The quantitative estimate of drug-likeness (QED) is 0.0432. The highest BCUT2D eigenvalue weighted by molar-refractivity contribution is 7.85. The molecule has 3 fully saturated rings. The average Bonchev–Trinajstić information content (AvgIpc) is 4.08. The van der Waals surface area contributed by atoms with Gasteiger partial charge in [0.2, 0.25) is 35.4 Å². The van der Waals surface area contributed by atoms with Gasteiger partial charge in [0.15, 0.2) is 0 Å². The Morgan fingerprint density at radius 1 is 0.701 bits per heavy atom. The molecule has 7 atom stereocenters. The summed E-state index contributed by atoms with van der Waals surface area (Å²) in [6.45, 7) is 8.85. The van der Waals surface area contributed by atoms with Gasteiger partial charge in [0, 0.05) is 31.2 Å². The smallest absolute Gasteiger partial charge is 0.294 e. The van der Waals surface area contributed by atoms with Crippen LogP contribution >= 0.6 is 0 Å². The van der Waals surface area contributed by atoms with Gasteiger partial charge < -0.3 is 57.7 Å². The Kier molecular flexibility index (Phi) is 24.0. The van der Waals surface area contributed by atoms with E-state index in [-0.39, 0.29) is 62.4 Å². The molecular formula is C65H83N9O12S. The minimum absolute atomic E-state index is 0.0655. The third kappa shape index (κ3) is 18.7. The minimum Gasteiger partial charge on any atom is -0.508 e. The predicted molar refractivity (Wildman–Crippen MR) is 330 cm³/mol. The van der Waals surface area contributed by atoms with Crippen LogP contribution in [-0.2, 0) is 45.3 Å². The van der Waals surface area contributed by atoms with Crippen molar-refractivity contribution in [2.75, 3.05) is 32.8 Å². The number of ether oxygens (including phenoxy) is 1. The molecule has 0 saturated carbocycles. The first kappa shape index (κ1) is 66.3. The molecular weight excluding hydrogens is 1130 g/mol. The van der Waals surface area contributed by atoms with Gasteiger partial charge in [-0.2, -0.15) is 8.42 Å². The second-order valence-electron chi connectivity index (χ2n) is 22.8. The number of unbranched alkanes of at least 4 members (excludes halogenated alkanes) is 1. The van der Waals surface area contributed by atoms with Gasteiger partial charge in [0.25, 0.3) is 16.0 Å². The van der Waals surface area contributed by atoms with E-state index >= 15 is 0 Å². The fourth-order valence-corrected chi connectivity index (χ4v) is 11.3. The van der Waals surface area contributed by atoms with Gasteiger partial charge in [-0.3, -0.25) is 38.1 Å². The Labute approximate surface area is 509 Å². The van der Waals surface area contributed by atoms with E-state index in [0.29, 0.717) is 50.8 Å². The van der Waals surface area contributed by atoms with Crippen LogP contribution in [0.25, 0.3) is 22.3 Å². The Morgan fingerprint density at radius 3 is 1.91 bits per heavy atom. The number of carbonyl (C=O) groups is 7. The summed E-state index contributed by atoms with van der Waals surface area (Å²) in [4.78, 5) is 103. The third-order valence-electron chi connectivity index (χ3n) is 15.8. The molecule has 0 aromatic heterocycles. The van der Waals surface area contributed by atoms with Crippen LogP contribution in [0.2, 0.25) is 0 Å². The van der Waals surface area contributed by atoms with Crippen LogP contribution in [0.15, 0.2) is 126 Å². The number of nitrogens with one attached hydrogen (secondary N) is 5. The molecule has 87 heavy (non-hydrogen) atoms. The topological polar surface area (TPSA) is 322 Å². The van der Waals surface area contributed by atoms with Crippen molar-refractivity contribution in [3.8, 4) is 33.8 Å². The number of amides is 7. The van der Waals surface area contributed by atoms with Crippen molar-refractivity contribution in [1.82, 2.24) is 36.4 Å². The van der Waals surface area contributed by atoms with Crippen LogP contribution < -0.4 is 42.8 Å². The van der Waals surface area contributed by atoms with Gasteiger partial charge in [0.1, 0.15) is 47.8 Å². The van der Waals surface area contributed by atoms with Gasteiger partial charge in [0.05, 0.1) is 11.5 Å². The molecule has 5 aromatic rings. The minimum atomic E-state index is -4.02. The lowest BCUT2D eigenvalue weighted by atomic mass is 9.99. The molecule has 11 N–H and O–H groups in total. The molecule has 466 valence electrons. The maximum atomic E-state index is 14.6. The number of phenols is 1. The van der Waals surface area contributed by atoms with E-state index in [1.165, 1.54) is 34.1 Å². The molecule has 7 amide bonds. The fraction of sp³-hybridized carbons (Fsp3) is 0.431. The number of aryl methyl sites for hydroxylation is 2. The molecule has 3 aliphatic rings. The number of nitrogens with two attached hydrogens (primary N) is 2. The van der Waals surface area contributed by atoms with Crippen molar-refractivity contribution in [1.29, 1.82) is 0 Å². The molecule has 3 saturated heterocycles. The van der Waals surface area contributed by atoms with Crippen molar-refractivity contribution in [2.24, 2.45) is 17.4 Å². The molecule has 8 rings (SSSR count). The van der Waals surface area contributed by atoms with Crippen LogP contribution in [0, 0.1) is 12.8 Å².